The monoisotopic (exact) mass is 432 g/mol. The van der Waals surface area contributed by atoms with E-state index in [1.807, 2.05) is 0 Å². The van der Waals surface area contributed by atoms with Crippen molar-refractivity contribution in [2.24, 2.45) is 0 Å². The van der Waals surface area contributed by atoms with Crippen LogP contribution in [0.5, 0.6) is 11.5 Å². The standard InChI is InChI=1S/C25H27F3O3/c1-2-3-4-5-7-24(29)31-23-16-12-21(13-17-23)9-8-20-10-14-22(15-11-20)30-19-6-18-25(26,27)28/h10-17H,2-7,18-19H2,1H3. The lowest BCUT2D eigenvalue weighted by molar-refractivity contribution is -0.136. The summed E-state index contributed by atoms with van der Waals surface area (Å²) in [4.78, 5) is 11.8. The SMILES string of the molecule is CCCCCCC(=O)Oc1ccc(C#Cc2ccc(OCCCC(F)(F)F)cc2)cc1. The van der Waals surface area contributed by atoms with E-state index in [1.54, 1.807) is 48.5 Å². The first-order valence-electron chi connectivity index (χ1n) is 10.5. The molecule has 0 bridgehead atoms. The number of esters is 1. The van der Waals surface area contributed by atoms with Gasteiger partial charge in [-0.05, 0) is 61.4 Å². The van der Waals surface area contributed by atoms with E-state index in [-0.39, 0.29) is 19.0 Å². The molecule has 0 saturated heterocycles. The molecule has 0 aliphatic rings. The fourth-order valence-corrected chi connectivity index (χ4v) is 2.73. The fraction of sp³-hybridized carbons (Fsp3) is 0.400. The summed E-state index contributed by atoms with van der Waals surface area (Å²) >= 11 is 0. The highest BCUT2D eigenvalue weighted by molar-refractivity contribution is 5.72. The van der Waals surface area contributed by atoms with E-state index in [4.69, 9.17) is 9.47 Å². The zero-order chi connectivity index (χ0) is 22.5. The highest BCUT2D eigenvalue weighted by Gasteiger charge is 2.26. The van der Waals surface area contributed by atoms with Gasteiger partial charge in [-0.2, -0.15) is 13.2 Å². The number of carbonyl (C=O) groups excluding carboxylic acids is 1. The van der Waals surface area contributed by atoms with Crippen molar-refractivity contribution in [3.05, 3.63) is 59.7 Å². The van der Waals surface area contributed by atoms with E-state index in [9.17, 15) is 18.0 Å². The molecule has 0 fully saturated rings. The first kappa shape index (κ1) is 24.3. The second-order valence-electron chi connectivity index (χ2n) is 7.15. The zero-order valence-electron chi connectivity index (χ0n) is 17.6. The molecule has 0 heterocycles. The molecule has 0 aliphatic heterocycles. The number of benzene rings is 2. The van der Waals surface area contributed by atoms with E-state index in [0.29, 0.717) is 17.9 Å². The van der Waals surface area contributed by atoms with Crippen LogP contribution in [0.2, 0.25) is 0 Å². The van der Waals surface area contributed by atoms with Crippen molar-refractivity contribution in [3.63, 3.8) is 0 Å². The summed E-state index contributed by atoms with van der Waals surface area (Å²) in [5.41, 5.74) is 1.53. The summed E-state index contributed by atoms with van der Waals surface area (Å²) in [5, 5.41) is 0. The van der Waals surface area contributed by atoms with Crippen LogP contribution in [-0.2, 0) is 4.79 Å². The molecular weight excluding hydrogens is 405 g/mol. The van der Waals surface area contributed by atoms with E-state index in [1.165, 1.54) is 0 Å². The molecular formula is C25H27F3O3. The minimum absolute atomic E-state index is 0.0141. The molecule has 166 valence electrons. The lowest BCUT2D eigenvalue weighted by Crippen LogP contribution is -2.09. The van der Waals surface area contributed by atoms with Crippen molar-refractivity contribution in [2.45, 2.75) is 58.0 Å². The maximum Gasteiger partial charge on any atom is 0.389 e. The van der Waals surface area contributed by atoms with Gasteiger partial charge in [0.05, 0.1) is 6.61 Å². The molecule has 6 heteroatoms. The van der Waals surface area contributed by atoms with Gasteiger partial charge in [0, 0.05) is 24.0 Å². The Morgan fingerprint density at radius 3 is 1.97 bits per heavy atom. The van der Waals surface area contributed by atoms with Gasteiger partial charge in [-0.1, -0.05) is 38.0 Å². The van der Waals surface area contributed by atoms with Gasteiger partial charge in [0.2, 0.25) is 0 Å². The number of alkyl halides is 3. The first-order chi connectivity index (χ1) is 14.9. The third-order valence-electron chi connectivity index (χ3n) is 4.40. The third-order valence-corrected chi connectivity index (χ3v) is 4.40. The lowest BCUT2D eigenvalue weighted by Gasteiger charge is -2.08. The van der Waals surface area contributed by atoms with Crippen LogP contribution in [0.15, 0.2) is 48.5 Å². The summed E-state index contributed by atoms with van der Waals surface area (Å²) in [6.07, 6.45) is -0.540. The Morgan fingerprint density at radius 1 is 0.839 bits per heavy atom. The number of unbranched alkanes of at least 4 members (excludes halogenated alkanes) is 3. The van der Waals surface area contributed by atoms with E-state index >= 15 is 0 Å². The van der Waals surface area contributed by atoms with Crippen LogP contribution in [0.4, 0.5) is 13.2 Å². The predicted molar refractivity (Wildman–Crippen MR) is 114 cm³/mol. The zero-order valence-corrected chi connectivity index (χ0v) is 17.6. The quantitative estimate of drug-likeness (QED) is 0.182. The van der Waals surface area contributed by atoms with E-state index < -0.39 is 12.6 Å². The maximum atomic E-state index is 12.1. The number of ether oxygens (including phenoxy) is 2. The molecule has 0 unspecified atom stereocenters. The van der Waals surface area contributed by atoms with Gasteiger partial charge in [-0.25, -0.2) is 0 Å². The van der Waals surface area contributed by atoms with Crippen molar-refractivity contribution >= 4 is 5.97 Å². The second kappa shape index (κ2) is 12.7. The third kappa shape index (κ3) is 10.6. The summed E-state index contributed by atoms with van der Waals surface area (Å²) in [5.74, 6) is 6.82. The summed E-state index contributed by atoms with van der Waals surface area (Å²) < 4.78 is 47.0. The predicted octanol–water partition coefficient (Wildman–Crippen LogP) is 6.68. The topological polar surface area (TPSA) is 35.5 Å². The molecule has 0 aromatic heterocycles. The van der Waals surface area contributed by atoms with Crippen LogP contribution >= 0.6 is 0 Å². The number of halogens is 3. The van der Waals surface area contributed by atoms with Crippen molar-refractivity contribution in [1.82, 2.24) is 0 Å². The van der Waals surface area contributed by atoms with Crippen molar-refractivity contribution in [1.29, 1.82) is 0 Å². The smallest absolute Gasteiger partial charge is 0.389 e. The Balaban J connectivity index is 1.79. The average Bonchev–Trinajstić information content (AvgIpc) is 2.74. The summed E-state index contributed by atoms with van der Waals surface area (Å²) in [7, 11) is 0. The normalized spacial score (nSPS) is 10.8. The van der Waals surface area contributed by atoms with Gasteiger partial charge in [0.25, 0.3) is 0 Å². The summed E-state index contributed by atoms with van der Waals surface area (Å²) in [6.45, 7) is 2.14. The van der Waals surface area contributed by atoms with Gasteiger partial charge in [0.1, 0.15) is 11.5 Å². The molecule has 0 atom stereocenters. The van der Waals surface area contributed by atoms with Crippen molar-refractivity contribution in [3.8, 4) is 23.3 Å². The Bertz CT molecular complexity index is 860. The second-order valence-corrected chi connectivity index (χ2v) is 7.15. The number of hydrogen-bond donors (Lipinski definition) is 0. The van der Waals surface area contributed by atoms with Crippen LogP contribution in [0, 0.1) is 11.8 Å². The van der Waals surface area contributed by atoms with Crippen LogP contribution in [0.3, 0.4) is 0 Å². The van der Waals surface area contributed by atoms with E-state index in [0.717, 1.165) is 36.8 Å². The highest BCUT2D eigenvalue weighted by Crippen LogP contribution is 2.21. The van der Waals surface area contributed by atoms with Gasteiger partial charge in [-0.15, -0.1) is 0 Å². The summed E-state index contributed by atoms with van der Waals surface area (Å²) in [6, 6.07) is 13.9. The molecule has 3 nitrogen and oxygen atoms in total. The number of hydrogen-bond acceptors (Lipinski definition) is 3. The highest BCUT2D eigenvalue weighted by atomic mass is 19.4. The van der Waals surface area contributed by atoms with Crippen LogP contribution in [-0.4, -0.2) is 18.8 Å². The van der Waals surface area contributed by atoms with Crippen molar-refractivity contribution < 1.29 is 27.4 Å². The molecule has 0 N–H and O–H groups in total. The maximum absolute atomic E-state index is 12.1. The largest absolute Gasteiger partial charge is 0.494 e. The van der Waals surface area contributed by atoms with Gasteiger partial charge < -0.3 is 9.47 Å². The number of rotatable bonds is 10. The first-order valence-corrected chi connectivity index (χ1v) is 10.5. The Kier molecular flexibility index (Phi) is 9.96. The molecule has 2 rings (SSSR count). The molecule has 0 spiro atoms. The minimum atomic E-state index is -4.16. The Morgan fingerprint density at radius 2 is 1.42 bits per heavy atom. The van der Waals surface area contributed by atoms with Gasteiger partial charge in [0.15, 0.2) is 0 Å². The minimum Gasteiger partial charge on any atom is -0.494 e. The van der Waals surface area contributed by atoms with Gasteiger partial charge in [-0.3, -0.25) is 4.79 Å². The molecule has 0 aliphatic carbocycles. The Hall–Kier alpha value is -2.94. The molecule has 2 aromatic rings. The molecule has 0 radical (unpaired) electrons. The van der Waals surface area contributed by atoms with Gasteiger partial charge >= 0.3 is 12.1 Å². The van der Waals surface area contributed by atoms with Crippen LogP contribution < -0.4 is 9.47 Å². The van der Waals surface area contributed by atoms with E-state index in [2.05, 4.69) is 18.8 Å². The average molecular weight is 432 g/mol. The van der Waals surface area contributed by atoms with Crippen molar-refractivity contribution in [2.75, 3.05) is 6.61 Å². The lowest BCUT2D eigenvalue weighted by atomic mass is 10.1. The number of carbonyl (C=O) groups is 1. The molecule has 2 aromatic carbocycles. The molecule has 0 saturated carbocycles. The molecule has 31 heavy (non-hydrogen) atoms. The molecule has 0 amide bonds. The van der Waals surface area contributed by atoms with Crippen LogP contribution in [0.1, 0.15) is 63.0 Å². The Labute approximate surface area is 181 Å². The van der Waals surface area contributed by atoms with Crippen LogP contribution in [0.25, 0.3) is 0 Å². The fourth-order valence-electron chi connectivity index (χ4n) is 2.73.